The summed E-state index contributed by atoms with van der Waals surface area (Å²) in [5, 5.41) is 6.04. The van der Waals surface area contributed by atoms with Crippen molar-refractivity contribution in [2.75, 3.05) is 25.5 Å². The molecule has 0 unspecified atom stereocenters. The SMILES string of the molecule is COc1cc(F)c([C@@H]2CC(=O)N(CC3CC3)C[C@H]2NC(=O)Nc2ccc(Cl)cc2)c(F)c1. The van der Waals surface area contributed by atoms with E-state index in [0.29, 0.717) is 23.2 Å². The summed E-state index contributed by atoms with van der Waals surface area (Å²) in [6.07, 6.45) is 2.02. The molecule has 2 aliphatic rings. The van der Waals surface area contributed by atoms with Gasteiger partial charge in [0.1, 0.15) is 17.4 Å². The molecule has 2 aromatic rings. The molecular weight excluding hydrogens is 440 g/mol. The average molecular weight is 464 g/mol. The first-order chi connectivity index (χ1) is 15.3. The largest absolute Gasteiger partial charge is 0.497 e. The van der Waals surface area contributed by atoms with Crippen LogP contribution in [0, 0.1) is 17.6 Å². The van der Waals surface area contributed by atoms with Gasteiger partial charge in [-0.05, 0) is 43.0 Å². The molecule has 3 amide bonds. The molecule has 0 aromatic heterocycles. The molecule has 4 rings (SSSR count). The molecule has 9 heteroatoms. The Morgan fingerprint density at radius 1 is 1.19 bits per heavy atom. The van der Waals surface area contributed by atoms with Crippen molar-refractivity contribution in [3.8, 4) is 5.75 Å². The maximum absolute atomic E-state index is 14.8. The smallest absolute Gasteiger partial charge is 0.319 e. The van der Waals surface area contributed by atoms with Gasteiger partial charge in [0.2, 0.25) is 5.91 Å². The lowest BCUT2D eigenvalue weighted by Gasteiger charge is -2.39. The van der Waals surface area contributed by atoms with Crippen molar-refractivity contribution in [3.63, 3.8) is 0 Å². The van der Waals surface area contributed by atoms with Gasteiger partial charge in [0, 0.05) is 53.8 Å². The Bertz CT molecular complexity index is 991. The molecule has 1 saturated heterocycles. The average Bonchev–Trinajstić information content (AvgIpc) is 3.56. The van der Waals surface area contributed by atoms with E-state index in [1.165, 1.54) is 7.11 Å². The highest BCUT2D eigenvalue weighted by Gasteiger charge is 2.40. The second kappa shape index (κ2) is 9.32. The third kappa shape index (κ3) is 5.12. The van der Waals surface area contributed by atoms with E-state index in [4.69, 9.17) is 16.3 Å². The number of hydrogen-bond donors (Lipinski definition) is 2. The highest BCUT2D eigenvalue weighted by Crippen LogP contribution is 2.37. The summed E-state index contributed by atoms with van der Waals surface area (Å²) in [7, 11) is 1.32. The summed E-state index contributed by atoms with van der Waals surface area (Å²) < 4.78 is 34.6. The lowest BCUT2D eigenvalue weighted by Crippen LogP contribution is -2.55. The number of nitrogens with zero attached hydrogens (tertiary/aromatic N) is 1. The summed E-state index contributed by atoms with van der Waals surface area (Å²) in [6, 6.07) is 7.54. The number of carbonyl (C=O) groups is 2. The number of rotatable bonds is 6. The molecule has 2 aromatic carbocycles. The molecule has 0 bridgehead atoms. The van der Waals surface area contributed by atoms with Crippen LogP contribution in [-0.4, -0.2) is 43.1 Å². The molecule has 32 heavy (non-hydrogen) atoms. The zero-order chi connectivity index (χ0) is 22.8. The van der Waals surface area contributed by atoms with Crippen LogP contribution in [0.25, 0.3) is 0 Å². The standard InChI is InChI=1S/C23H24ClF2N3O3/c1-32-16-8-18(25)22(19(26)9-16)17-10-21(30)29(11-13-2-3-13)12-20(17)28-23(31)27-15-6-4-14(24)5-7-15/h4-9,13,17,20H,2-3,10-12H2,1H3,(H2,27,28,31)/t17-,20-/m1/s1. The first kappa shape index (κ1) is 22.3. The molecular formula is C23H24ClF2N3O3. The van der Waals surface area contributed by atoms with E-state index >= 15 is 0 Å². The maximum atomic E-state index is 14.8. The second-order valence-corrected chi connectivity index (χ2v) is 8.71. The number of carbonyl (C=O) groups excluding carboxylic acids is 2. The van der Waals surface area contributed by atoms with Crippen molar-refractivity contribution < 1.29 is 23.1 Å². The Balaban J connectivity index is 1.57. The number of amides is 3. The van der Waals surface area contributed by atoms with Gasteiger partial charge in [0.15, 0.2) is 0 Å². The number of hydrogen-bond acceptors (Lipinski definition) is 3. The monoisotopic (exact) mass is 463 g/mol. The van der Waals surface area contributed by atoms with Gasteiger partial charge in [-0.1, -0.05) is 11.6 Å². The molecule has 1 saturated carbocycles. The molecule has 1 heterocycles. The van der Waals surface area contributed by atoms with E-state index in [9.17, 15) is 18.4 Å². The van der Waals surface area contributed by atoms with E-state index in [0.717, 1.165) is 25.0 Å². The third-order valence-electron chi connectivity index (χ3n) is 5.90. The van der Waals surface area contributed by atoms with E-state index in [1.807, 2.05) is 0 Å². The minimum Gasteiger partial charge on any atom is -0.497 e. The quantitative estimate of drug-likeness (QED) is 0.660. The minimum atomic E-state index is -0.847. The van der Waals surface area contributed by atoms with Gasteiger partial charge in [-0.25, -0.2) is 13.6 Å². The van der Waals surface area contributed by atoms with Crippen LogP contribution < -0.4 is 15.4 Å². The summed E-state index contributed by atoms with van der Waals surface area (Å²) in [5.41, 5.74) is 0.300. The molecule has 0 spiro atoms. The van der Waals surface area contributed by atoms with Gasteiger partial charge >= 0.3 is 6.03 Å². The van der Waals surface area contributed by atoms with Crippen molar-refractivity contribution in [2.24, 2.45) is 5.92 Å². The fourth-order valence-corrected chi connectivity index (χ4v) is 4.19. The first-order valence-electron chi connectivity index (χ1n) is 10.5. The molecule has 1 aliphatic carbocycles. The Morgan fingerprint density at radius 2 is 1.84 bits per heavy atom. The van der Waals surface area contributed by atoms with Gasteiger partial charge in [0.05, 0.1) is 13.2 Å². The number of nitrogens with one attached hydrogen (secondary N) is 2. The summed E-state index contributed by atoms with van der Waals surface area (Å²) in [4.78, 5) is 27.1. The van der Waals surface area contributed by atoms with Gasteiger partial charge in [-0.3, -0.25) is 4.79 Å². The van der Waals surface area contributed by atoms with Crippen molar-refractivity contribution in [3.05, 3.63) is 58.6 Å². The Kier molecular flexibility index (Phi) is 6.50. The first-order valence-corrected chi connectivity index (χ1v) is 10.9. The minimum absolute atomic E-state index is 0.0474. The van der Waals surface area contributed by atoms with Crippen molar-refractivity contribution in [1.29, 1.82) is 0 Å². The highest BCUT2D eigenvalue weighted by molar-refractivity contribution is 6.30. The molecule has 2 fully saturated rings. The van der Waals surface area contributed by atoms with Gasteiger partial charge < -0.3 is 20.3 Å². The molecule has 1 aliphatic heterocycles. The number of ether oxygens (including phenoxy) is 1. The van der Waals surface area contributed by atoms with Crippen molar-refractivity contribution in [1.82, 2.24) is 10.2 Å². The Morgan fingerprint density at radius 3 is 2.44 bits per heavy atom. The lowest BCUT2D eigenvalue weighted by atomic mass is 9.84. The van der Waals surface area contributed by atoms with Crippen LogP contribution >= 0.6 is 11.6 Å². The van der Waals surface area contributed by atoms with Gasteiger partial charge in [0.25, 0.3) is 0 Å². The zero-order valence-electron chi connectivity index (χ0n) is 17.5. The van der Waals surface area contributed by atoms with Crippen LogP contribution in [-0.2, 0) is 4.79 Å². The number of urea groups is 1. The summed E-state index contributed by atoms with van der Waals surface area (Å²) >= 11 is 5.87. The fraction of sp³-hybridized carbons (Fsp3) is 0.391. The maximum Gasteiger partial charge on any atom is 0.319 e. The normalized spacial score (nSPS) is 20.8. The molecule has 2 atom stereocenters. The number of likely N-dealkylation sites (tertiary alicyclic amines) is 1. The lowest BCUT2D eigenvalue weighted by molar-refractivity contribution is -0.135. The van der Waals surface area contributed by atoms with Crippen molar-refractivity contribution >= 4 is 29.2 Å². The molecule has 6 nitrogen and oxygen atoms in total. The van der Waals surface area contributed by atoms with Gasteiger partial charge in [-0.2, -0.15) is 0 Å². The Labute approximate surface area is 189 Å². The molecule has 170 valence electrons. The predicted molar refractivity (Wildman–Crippen MR) is 117 cm³/mol. The zero-order valence-corrected chi connectivity index (χ0v) is 18.3. The van der Waals surface area contributed by atoms with Crippen LogP contribution in [0.4, 0.5) is 19.3 Å². The van der Waals surface area contributed by atoms with Crippen LogP contribution in [0.2, 0.25) is 5.02 Å². The third-order valence-corrected chi connectivity index (χ3v) is 6.16. The topological polar surface area (TPSA) is 70.7 Å². The molecule has 2 N–H and O–H groups in total. The van der Waals surface area contributed by atoms with Crippen LogP contribution in [0.1, 0.15) is 30.7 Å². The van der Waals surface area contributed by atoms with Crippen LogP contribution in [0.15, 0.2) is 36.4 Å². The Hall–Kier alpha value is -2.87. The van der Waals surface area contributed by atoms with Gasteiger partial charge in [-0.15, -0.1) is 0 Å². The summed E-state index contributed by atoms with van der Waals surface area (Å²) in [5.74, 6) is -2.13. The predicted octanol–water partition coefficient (Wildman–Crippen LogP) is 4.54. The van der Waals surface area contributed by atoms with Crippen molar-refractivity contribution in [2.45, 2.75) is 31.2 Å². The summed E-state index contributed by atoms with van der Waals surface area (Å²) in [6.45, 7) is 0.773. The number of benzene rings is 2. The second-order valence-electron chi connectivity index (χ2n) is 8.27. The number of halogens is 3. The van der Waals surface area contributed by atoms with Crippen LogP contribution in [0.5, 0.6) is 5.75 Å². The van der Waals surface area contributed by atoms with E-state index in [1.54, 1.807) is 29.2 Å². The van der Waals surface area contributed by atoms with E-state index in [-0.39, 0.29) is 30.2 Å². The molecule has 0 radical (unpaired) electrons. The number of piperidine rings is 1. The van der Waals surface area contributed by atoms with E-state index in [2.05, 4.69) is 10.6 Å². The highest BCUT2D eigenvalue weighted by atomic mass is 35.5. The number of anilines is 1. The number of methoxy groups -OCH3 is 1. The fourth-order valence-electron chi connectivity index (χ4n) is 4.07. The van der Waals surface area contributed by atoms with E-state index < -0.39 is 29.6 Å². The van der Waals surface area contributed by atoms with Crippen LogP contribution in [0.3, 0.4) is 0 Å².